The smallest absolute Gasteiger partial charge is 0.274 e. The van der Waals surface area contributed by atoms with Gasteiger partial charge in [-0.2, -0.15) is 0 Å². The Balaban J connectivity index is 1.95. The molecule has 1 amide bonds. The van der Waals surface area contributed by atoms with E-state index in [1.165, 1.54) is 0 Å². The van der Waals surface area contributed by atoms with Crippen molar-refractivity contribution in [2.75, 3.05) is 11.4 Å². The SMILES string of the molecule is O=C(c1ccccn1)N1CCCn2nnnc21. The van der Waals surface area contributed by atoms with Gasteiger partial charge in [-0.05, 0) is 29.0 Å². The van der Waals surface area contributed by atoms with Gasteiger partial charge in [0.05, 0.1) is 0 Å². The van der Waals surface area contributed by atoms with Crippen molar-refractivity contribution in [3.8, 4) is 0 Å². The number of amides is 1. The number of carbonyl (C=O) groups excluding carboxylic acids is 1. The topological polar surface area (TPSA) is 76.8 Å². The Kier molecular flexibility index (Phi) is 2.28. The molecule has 0 fully saturated rings. The normalized spacial score (nSPS) is 14.5. The molecule has 2 aromatic heterocycles. The maximum absolute atomic E-state index is 12.2. The van der Waals surface area contributed by atoms with Crippen molar-refractivity contribution < 1.29 is 4.79 Å². The molecule has 1 aliphatic heterocycles. The number of anilines is 1. The van der Waals surface area contributed by atoms with E-state index in [9.17, 15) is 4.79 Å². The second-order valence-corrected chi connectivity index (χ2v) is 3.73. The Morgan fingerprint density at radius 3 is 3.06 bits per heavy atom. The Morgan fingerprint density at radius 2 is 2.24 bits per heavy atom. The summed E-state index contributed by atoms with van der Waals surface area (Å²) in [5.41, 5.74) is 0.406. The van der Waals surface area contributed by atoms with Gasteiger partial charge >= 0.3 is 0 Å². The molecule has 0 aliphatic carbocycles. The molecular weight excluding hydrogens is 220 g/mol. The van der Waals surface area contributed by atoms with Crippen LogP contribution in [0.4, 0.5) is 5.95 Å². The summed E-state index contributed by atoms with van der Waals surface area (Å²) in [5, 5.41) is 11.3. The number of carbonyl (C=O) groups is 1. The second kappa shape index (κ2) is 3.93. The van der Waals surface area contributed by atoms with Crippen molar-refractivity contribution in [2.45, 2.75) is 13.0 Å². The molecule has 0 spiro atoms. The summed E-state index contributed by atoms with van der Waals surface area (Å²) in [7, 11) is 0. The third-order valence-corrected chi connectivity index (χ3v) is 2.64. The highest BCUT2D eigenvalue weighted by molar-refractivity contribution is 6.03. The minimum atomic E-state index is -0.165. The number of aryl methyl sites for hydroxylation is 1. The van der Waals surface area contributed by atoms with Crippen molar-refractivity contribution in [1.82, 2.24) is 25.2 Å². The summed E-state index contributed by atoms with van der Waals surface area (Å²) in [6.45, 7) is 1.37. The minimum Gasteiger partial charge on any atom is -0.274 e. The van der Waals surface area contributed by atoms with Crippen LogP contribution in [0.15, 0.2) is 24.4 Å². The molecule has 3 heterocycles. The summed E-state index contributed by atoms with van der Waals surface area (Å²) in [6, 6.07) is 5.25. The summed E-state index contributed by atoms with van der Waals surface area (Å²) in [4.78, 5) is 17.8. The molecule has 3 rings (SSSR count). The lowest BCUT2D eigenvalue weighted by molar-refractivity contribution is 0.0975. The number of rotatable bonds is 1. The average molecular weight is 230 g/mol. The third kappa shape index (κ3) is 1.65. The van der Waals surface area contributed by atoms with Gasteiger partial charge in [0.2, 0.25) is 0 Å². The summed E-state index contributed by atoms with van der Waals surface area (Å²) >= 11 is 0. The zero-order chi connectivity index (χ0) is 11.7. The summed E-state index contributed by atoms with van der Waals surface area (Å²) < 4.78 is 1.63. The average Bonchev–Trinajstić information content (AvgIpc) is 2.87. The molecule has 0 saturated carbocycles. The lowest BCUT2D eigenvalue weighted by Gasteiger charge is -2.24. The van der Waals surface area contributed by atoms with Crippen molar-refractivity contribution in [3.05, 3.63) is 30.1 Å². The van der Waals surface area contributed by atoms with Crippen LogP contribution in [0.2, 0.25) is 0 Å². The molecule has 0 radical (unpaired) electrons. The zero-order valence-electron chi connectivity index (χ0n) is 9.02. The third-order valence-electron chi connectivity index (χ3n) is 2.64. The van der Waals surface area contributed by atoms with Crippen molar-refractivity contribution in [3.63, 3.8) is 0 Å². The van der Waals surface area contributed by atoms with Crippen LogP contribution in [0.1, 0.15) is 16.9 Å². The van der Waals surface area contributed by atoms with Crippen molar-refractivity contribution >= 4 is 11.9 Å². The first-order chi connectivity index (χ1) is 8.36. The zero-order valence-corrected chi connectivity index (χ0v) is 9.02. The van der Waals surface area contributed by atoms with Gasteiger partial charge in [-0.25, -0.2) is 4.68 Å². The van der Waals surface area contributed by atoms with E-state index in [1.807, 2.05) is 0 Å². The second-order valence-electron chi connectivity index (χ2n) is 3.73. The van der Waals surface area contributed by atoms with Gasteiger partial charge in [0.1, 0.15) is 5.69 Å². The molecule has 0 aromatic carbocycles. The maximum Gasteiger partial charge on any atom is 0.279 e. The highest BCUT2D eigenvalue weighted by Gasteiger charge is 2.26. The first-order valence-corrected chi connectivity index (χ1v) is 5.35. The molecule has 7 nitrogen and oxygen atoms in total. The Bertz CT molecular complexity index is 537. The van der Waals surface area contributed by atoms with E-state index in [1.54, 1.807) is 34.0 Å². The van der Waals surface area contributed by atoms with E-state index >= 15 is 0 Å². The molecule has 86 valence electrons. The maximum atomic E-state index is 12.2. The fourth-order valence-corrected chi connectivity index (χ4v) is 1.84. The van der Waals surface area contributed by atoms with E-state index in [-0.39, 0.29) is 5.91 Å². The highest BCUT2D eigenvalue weighted by Crippen LogP contribution is 2.17. The monoisotopic (exact) mass is 230 g/mol. The quantitative estimate of drug-likeness (QED) is 0.695. The van der Waals surface area contributed by atoms with E-state index in [4.69, 9.17) is 0 Å². The number of pyridine rings is 1. The van der Waals surface area contributed by atoms with Crippen LogP contribution in [0, 0.1) is 0 Å². The van der Waals surface area contributed by atoms with Crippen LogP contribution < -0.4 is 4.90 Å². The van der Waals surface area contributed by atoms with Crippen LogP contribution >= 0.6 is 0 Å². The standard InChI is InChI=1S/C10H10N6O/c17-9(8-4-1-2-5-11-8)15-6-3-7-16-10(15)12-13-14-16/h1-2,4-5H,3,6-7H2. The summed E-state index contributed by atoms with van der Waals surface area (Å²) in [5.74, 6) is 0.327. The van der Waals surface area contributed by atoms with E-state index < -0.39 is 0 Å². The van der Waals surface area contributed by atoms with E-state index in [0.29, 0.717) is 18.2 Å². The Labute approximate surface area is 97.1 Å². The van der Waals surface area contributed by atoms with E-state index in [0.717, 1.165) is 13.0 Å². The van der Waals surface area contributed by atoms with Gasteiger partial charge in [0.15, 0.2) is 0 Å². The minimum absolute atomic E-state index is 0.165. The molecule has 17 heavy (non-hydrogen) atoms. The van der Waals surface area contributed by atoms with Crippen LogP contribution in [-0.4, -0.2) is 37.6 Å². The van der Waals surface area contributed by atoms with Crippen LogP contribution in [0.25, 0.3) is 0 Å². The van der Waals surface area contributed by atoms with Crippen LogP contribution in [0.3, 0.4) is 0 Å². The fourth-order valence-electron chi connectivity index (χ4n) is 1.84. The molecule has 0 saturated heterocycles. The summed E-state index contributed by atoms with van der Waals surface area (Å²) in [6.07, 6.45) is 2.44. The molecule has 1 aliphatic rings. The number of fused-ring (bicyclic) bond motifs is 1. The van der Waals surface area contributed by atoms with Crippen molar-refractivity contribution in [1.29, 1.82) is 0 Å². The predicted octanol–water partition coefficient (Wildman–Crippen LogP) is 0.119. The molecule has 2 aromatic rings. The van der Waals surface area contributed by atoms with E-state index in [2.05, 4.69) is 20.5 Å². The number of hydrogen-bond donors (Lipinski definition) is 0. The molecule has 0 bridgehead atoms. The van der Waals surface area contributed by atoms with Gasteiger partial charge in [-0.15, -0.1) is 0 Å². The number of aromatic nitrogens is 5. The van der Waals surface area contributed by atoms with Gasteiger partial charge in [0.25, 0.3) is 11.9 Å². The van der Waals surface area contributed by atoms with Gasteiger partial charge in [-0.3, -0.25) is 14.7 Å². The molecule has 0 atom stereocenters. The predicted molar refractivity (Wildman–Crippen MR) is 58.3 cm³/mol. The van der Waals surface area contributed by atoms with Gasteiger partial charge in [0, 0.05) is 19.3 Å². The van der Waals surface area contributed by atoms with Crippen molar-refractivity contribution in [2.24, 2.45) is 0 Å². The number of nitrogens with zero attached hydrogens (tertiary/aromatic N) is 6. The lowest BCUT2D eigenvalue weighted by atomic mass is 10.2. The molecule has 0 N–H and O–H groups in total. The first kappa shape index (κ1) is 9.88. The first-order valence-electron chi connectivity index (χ1n) is 5.35. The molecular formula is C10H10N6O. The lowest BCUT2D eigenvalue weighted by Crippen LogP contribution is -2.38. The highest BCUT2D eigenvalue weighted by atomic mass is 16.2. The molecule has 0 unspecified atom stereocenters. The molecule has 7 heteroatoms. The van der Waals surface area contributed by atoms with Crippen LogP contribution in [0.5, 0.6) is 0 Å². The Morgan fingerprint density at radius 1 is 1.29 bits per heavy atom. The van der Waals surface area contributed by atoms with Gasteiger partial charge < -0.3 is 0 Å². The number of hydrogen-bond acceptors (Lipinski definition) is 5. The fraction of sp³-hybridized carbons (Fsp3) is 0.300. The largest absolute Gasteiger partial charge is 0.279 e. The number of tetrazole rings is 1. The van der Waals surface area contributed by atoms with Crippen LogP contribution in [-0.2, 0) is 6.54 Å². The van der Waals surface area contributed by atoms with Gasteiger partial charge in [-0.1, -0.05) is 11.2 Å². The Hall–Kier alpha value is -2.31.